The normalized spacial score (nSPS) is 19.1. The van der Waals surface area contributed by atoms with Crippen molar-refractivity contribution in [2.75, 3.05) is 18.4 Å². The molecule has 0 radical (unpaired) electrons. The van der Waals surface area contributed by atoms with Crippen molar-refractivity contribution >= 4 is 17.4 Å². The molecule has 0 aromatic heterocycles. The summed E-state index contributed by atoms with van der Waals surface area (Å²) >= 11 is 1.62. The molecule has 1 aliphatic rings. The van der Waals surface area contributed by atoms with Crippen LogP contribution in [0.25, 0.3) is 0 Å². The average Bonchev–Trinajstić information content (AvgIpc) is 2.77. The van der Waals surface area contributed by atoms with Crippen molar-refractivity contribution in [3.8, 4) is 5.75 Å². The van der Waals surface area contributed by atoms with Crippen LogP contribution in [-0.2, 0) is 0 Å². The molecule has 1 aromatic rings. The van der Waals surface area contributed by atoms with E-state index in [2.05, 4.69) is 15.9 Å². The van der Waals surface area contributed by atoms with Crippen molar-refractivity contribution in [3.05, 3.63) is 24.3 Å². The number of hydrogen-bond donors (Lipinski definition) is 1. The molecule has 0 bridgehead atoms. The molecule has 1 heterocycles. The summed E-state index contributed by atoms with van der Waals surface area (Å²) in [5, 5.41) is 9.70. The summed E-state index contributed by atoms with van der Waals surface area (Å²) < 4.78 is 5.09. The van der Waals surface area contributed by atoms with E-state index < -0.39 is 0 Å². The molecule has 1 N–H and O–H groups in total. The van der Waals surface area contributed by atoms with Crippen LogP contribution in [0.2, 0.25) is 0 Å². The zero-order valence-electron chi connectivity index (χ0n) is 8.54. The second-order valence-corrected chi connectivity index (χ2v) is 3.84. The van der Waals surface area contributed by atoms with Gasteiger partial charge in [0.05, 0.1) is 12.8 Å². The number of ether oxygens (including phenoxy) is 1. The SMILES string of the molecule is COc1ccc(N2NN=NC2SC)cc1. The van der Waals surface area contributed by atoms with Gasteiger partial charge in [0.25, 0.3) is 0 Å². The second kappa shape index (κ2) is 4.39. The molecule has 1 unspecified atom stereocenters. The molecule has 0 saturated carbocycles. The standard InChI is InChI=1S/C9H12N4OS/c1-14-8-5-3-7(4-6-8)13-9(15-2)10-11-12-13/h3-6,9H,1-2H3,(H,10,12). The molecule has 0 amide bonds. The lowest BCUT2D eigenvalue weighted by molar-refractivity contribution is 0.415. The topological polar surface area (TPSA) is 49.2 Å². The Kier molecular flexibility index (Phi) is 2.96. The number of rotatable bonds is 3. The van der Waals surface area contributed by atoms with Gasteiger partial charge >= 0.3 is 0 Å². The Morgan fingerprint density at radius 1 is 1.40 bits per heavy atom. The van der Waals surface area contributed by atoms with Gasteiger partial charge in [-0.1, -0.05) is 5.22 Å². The number of nitrogens with one attached hydrogen (secondary N) is 1. The summed E-state index contributed by atoms with van der Waals surface area (Å²) in [4.78, 5) is 0. The largest absolute Gasteiger partial charge is 0.497 e. The molecular weight excluding hydrogens is 212 g/mol. The van der Waals surface area contributed by atoms with Crippen LogP contribution in [0.15, 0.2) is 34.6 Å². The van der Waals surface area contributed by atoms with Crippen molar-refractivity contribution in [2.45, 2.75) is 5.50 Å². The lowest BCUT2D eigenvalue weighted by Gasteiger charge is -2.21. The van der Waals surface area contributed by atoms with E-state index in [-0.39, 0.29) is 5.50 Å². The van der Waals surface area contributed by atoms with E-state index in [1.807, 2.05) is 35.5 Å². The third kappa shape index (κ3) is 1.99. The van der Waals surface area contributed by atoms with Crippen molar-refractivity contribution in [3.63, 3.8) is 0 Å². The van der Waals surface area contributed by atoms with Gasteiger partial charge in [0.1, 0.15) is 5.75 Å². The molecule has 1 aromatic carbocycles. The minimum absolute atomic E-state index is 0.00149. The Morgan fingerprint density at radius 3 is 2.73 bits per heavy atom. The summed E-state index contributed by atoms with van der Waals surface area (Å²) in [6.45, 7) is 0. The first-order valence-electron chi connectivity index (χ1n) is 4.46. The highest BCUT2D eigenvalue weighted by molar-refractivity contribution is 7.99. The lowest BCUT2D eigenvalue weighted by Crippen LogP contribution is -2.35. The fraction of sp³-hybridized carbons (Fsp3) is 0.333. The number of benzene rings is 1. The first kappa shape index (κ1) is 10.1. The lowest BCUT2D eigenvalue weighted by atomic mass is 10.3. The van der Waals surface area contributed by atoms with Gasteiger partial charge in [0.2, 0.25) is 5.50 Å². The van der Waals surface area contributed by atoms with Gasteiger partial charge in [-0.2, -0.15) is 5.53 Å². The number of anilines is 1. The zero-order chi connectivity index (χ0) is 10.7. The number of methoxy groups -OCH3 is 1. The summed E-state index contributed by atoms with van der Waals surface area (Å²) in [5.41, 5.74) is 3.85. The van der Waals surface area contributed by atoms with Crippen LogP contribution in [0.3, 0.4) is 0 Å². The van der Waals surface area contributed by atoms with E-state index in [0.717, 1.165) is 11.4 Å². The maximum absolute atomic E-state index is 5.09. The van der Waals surface area contributed by atoms with Crippen molar-refractivity contribution in [1.29, 1.82) is 0 Å². The first-order chi connectivity index (χ1) is 7.35. The highest BCUT2D eigenvalue weighted by Gasteiger charge is 2.21. The Labute approximate surface area is 92.5 Å². The molecule has 1 atom stereocenters. The van der Waals surface area contributed by atoms with Crippen molar-refractivity contribution in [1.82, 2.24) is 5.53 Å². The van der Waals surface area contributed by atoms with E-state index >= 15 is 0 Å². The van der Waals surface area contributed by atoms with Gasteiger partial charge in [-0.3, -0.25) is 0 Å². The number of nitrogens with zero attached hydrogens (tertiary/aromatic N) is 3. The molecule has 6 heteroatoms. The Hall–Kier alpha value is -1.43. The van der Waals surface area contributed by atoms with Crippen LogP contribution < -0.4 is 15.3 Å². The smallest absolute Gasteiger partial charge is 0.210 e. The van der Waals surface area contributed by atoms with Gasteiger partial charge in [-0.15, -0.1) is 16.9 Å². The second-order valence-electron chi connectivity index (χ2n) is 2.95. The number of hydrogen-bond acceptors (Lipinski definition) is 6. The molecule has 0 fully saturated rings. The van der Waals surface area contributed by atoms with E-state index in [4.69, 9.17) is 4.74 Å². The van der Waals surface area contributed by atoms with Crippen molar-refractivity contribution in [2.24, 2.45) is 10.3 Å². The zero-order valence-corrected chi connectivity index (χ0v) is 9.36. The van der Waals surface area contributed by atoms with Crippen molar-refractivity contribution < 1.29 is 4.74 Å². The van der Waals surface area contributed by atoms with E-state index in [1.165, 1.54) is 0 Å². The predicted molar refractivity (Wildman–Crippen MR) is 60.8 cm³/mol. The van der Waals surface area contributed by atoms with Gasteiger partial charge < -0.3 is 4.74 Å². The molecule has 15 heavy (non-hydrogen) atoms. The monoisotopic (exact) mass is 224 g/mol. The third-order valence-electron chi connectivity index (χ3n) is 2.09. The molecule has 0 aliphatic carbocycles. The summed E-state index contributed by atoms with van der Waals surface area (Å²) in [5.74, 6) is 0.840. The third-order valence-corrected chi connectivity index (χ3v) is 2.82. The molecule has 80 valence electrons. The summed E-state index contributed by atoms with van der Waals surface area (Å²) in [6, 6.07) is 7.75. The Balaban J connectivity index is 2.15. The van der Waals surface area contributed by atoms with Crippen LogP contribution in [0.1, 0.15) is 0 Å². The van der Waals surface area contributed by atoms with Crippen LogP contribution in [0.4, 0.5) is 5.69 Å². The highest BCUT2D eigenvalue weighted by atomic mass is 32.2. The van der Waals surface area contributed by atoms with Crippen LogP contribution in [-0.4, -0.2) is 18.9 Å². The first-order valence-corrected chi connectivity index (χ1v) is 5.75. The predicted octanol–water partition coefficient (Wildman–Crippen LogP) is 2.03. The van der Waals surface area contributed by atoms with E-state index in [9.17, 15) is 0 Å². The maximum Gasteiger partial charge on any atom is 0.210 e. The molecule has 1 aliphatic heterocycles. The molecule has 5 nitrogen and oxygen atoms in total. The Bertz CT molecular complexity index is 354. The van der Waals surface area contributed by atoms with Gasteiger partial charge in [-0.05, 0) is 30.5 Å². The molecular formula is C9H12N4OS. The van der Waals surface area contributed by atoms with Crippen LogP contribution in [0.5, 0.6) is 5.75 Å². The fourth-order valence-electron chi connectivity index (χ4n) is 1.31. The van der Waals surface area contributed by atoms with Gasteiger partial charge in [-0.25, -0.2) is 5.01 Å². The number of hydrazine groups is 1. The maximum atomic E-state index is 5.09. The summed E-state index contributed by atoms with van der Waals surface area (Å²) in [6.07, 6.45) is 1.99. The van der Waals surface area contributed by atoms with E-state index in [0.29, 0.717) is 0 Å². The van der Waals surface area contributed by atoms with E-state index in [1.54, 1.807) is 18.9 Å². The Morgan fingerprint density at radius 2 is 2.13 bits per heavy atom. The summed E-state index contributed by atoms with van der Waals surface area (Å²) in [7, 11) is 1.65. The minimum Gasteiger partial charge on any atom is -0.497 e. The fourth-order valence-corrected chi connectivity index (χ4v) is 1.83. The minimum atomic E-state index is -0.00149. The van der Waals surface area contributed by atoms with Crippen LogP contribution in [0, 0.1) is 0 Å². The highest BCUT2D eigenvalue weighted by Crippen LogP contribution is 2.26. The van der Waals surface area contributed by atoms with Gasteiger partial charge in [0, 0.05) is 0 Å². The number of thioether (sulfide) groups is 1. The molecule has 2 rings (SSSR count). The van der Waals surface area contributed by atoms with Crippen LogP contribution >= 0.6 is 11.8 Å². The molecule has 0 spiro atoms. The average molecular weight is 224 g/mol. The quantitative estimate of drug-likeness (QED) is 0.853. The molecule has 0 saturated heterocycles. The van der Waals surface area contributed by atoms with Gasteiger partial charge in [0.15, 0.2) is 0 Å².